The molecule has 1 aromatic heterocycles. The van der Waals surface area contributed by atoms with Gasteiger partial charge in [-0.15, -0.1) is 0 Å². The van der Waals surface area contributed by atoms with Crippen LogP contribution in [0.4, 0.5) is 5.69 Å². The summed E-state index contributed by atoms with van der Waals surface area (Å²) in [5.74, 6) is -0.743. The molecule has 0 aliphatic heterocycles. The van der Waals surface area contributed by atoms with Gasteiger partial charge < -0.3 is 25.5 Å². The first-order valence-electron chi connectivity index (χ1n) is 8.09. The molecule has 0 aliphatic rings. The fraction of sp³-hybridized carbons (Fsp3) is 0.158. The Kier molecular flexibility index (Phi) is 5.07. The number of phenols is 1. The minimum absolute atomic E-state index is 0.0120. The maximum atomic E-state index is 11.9. The number of nitrogens with one attached hydrogen (secondary N) is 3. The Morgan fingerprint density at radius 1 is 1.15 bits per heavy atom. The third-order valence-electron chi connectivity index (χ3n) is 3.96. The molecule has 0 aliphatic carbocycles. The third kappa shape index (κ3) is 3.94. The summed E-state index contributed by atoms with van der Waals surface area (Å²) in [4.78, 5) is 27.0. The quantitative estimate of drug-likeness (QED) is 0.528. The Bertz CT molecular complexity index is 949. The highest BCUT2D eigenvalue weighted by atomic mass is 16.5. The topological polar surface area (TPSA) is 103 Å². The lowest BCUT2D eigenvalue weighted by Crippen LogP contribution is -2.36. The van der Waals surface area contributed by atoms with Crippen molar-refractivity contribution in [2.24, 2.45) is 0 Å². The molecule has 7 nitrogen and oxygen atoms in total. The van der Waals surface area contributed by atoms with Crippen LogP contribution in [0.2, 0.25) is 0 Å². The average molecular weight is 353 g/mol. The summed E-state index contributed by atoms with van der Waals surface area (Å²) in [6.45, 7) is 0.316. The fourth-order valence-corrected chi connectivity index (χ4v) is 2.65. The second-order valence-electron chi connectivity index (χ2n) is 5.74. The molecule has 0 bridgehead atoms. The summed E-state index contributed by atoms with van der Waals surface area (Å²) in [5, 5.41) is 15.4. The second-order valence-corrected chi connectivity index (χ2v) is 5.74. The molecule has 2 amide bonds. The number of fused-ring (bicyclic) bond motifs is 1. The number of anilines is 1. The molecule has 0 saturated heterocycles. The van der Waals surface area contributed by atoms with E-state index in [2.05, 4.69) is 15.6 Å². The van der Waals surface area contributed by atoms with Crippen molar-refractivity contribution in [3.63, 3.8) is 0 Å². The summed E-state index contributed by atoms with van der Waals surface area (Å²) < 4.78 is 5.23. The number of amides is 2. The zero-order valence-electron chi connectivity index (χ0n) is 14.2. The molecule has 0 atom stereocenters. The zero-order chi connectivity index (χ0) is 18.5. The molecule has 1 heterocycles. The molecule has 2 aromatic carbocycles. The Morgan fingerprint density at radius 2 is 2.00 bits per heavy atom. The number of benzene rings is 2. The first-order chi connectivity index (χ1) is 12.6. The highest BCUT2D eigenvalue weighted by Crippen LogP contribution is 2.23. The van der Waals surface area contributed by atoms with Crippen LogP contribution in [0.25, 0.3) is 10.9 Å². The van der Waals surface area contributed by atoms with E-state index >= 15 is 0 Å². The van der Waals surface area contributed by atoms with Crippen molar-refractivity contribution in [2.75, 3.05) is 19.0 Å². The number of hydrogen-bond donors (Lipinski definition) is 4. The van der Waals surface area contributed by atoms with Gasteiger partial charge in [0.1, 0.15) is 11.5 Å². The molecule has 0 radical (unpaired) electrons. The largest absolute Gasteiger partial charge is 0.508 e. The molecule has 7 heteroatoms. The number of rotatable bonds is 5. The first kappa shape index (κ1) is 17.3. The van der Waals surface area contributed by atoms with Crippen LogP contribution >= 0.6 is 0 Å². The monoisotopic (exact) mass is 353 g/mol. The minimum Gasteiger partial charge on any atom is -0.508 e. The van der Waals surface area contributed by atoms with Crippen LogP contribution in [-0.2, 0) is 16.0 Å². The van der Waals surface area contributed by atoms with Crippen molar-refractivity contribution in [3.8, 4) is 11.5 Å². The number of ether oxygens (including phenoxy) is 1. The molecule has 134 valence electrons. The van der Waals surface area contributed by atoms with Crippen LogP contribution in [0.15, 0.2) is 48.7 Å². The van der Waals surface area contributed by atoms with Gasteiger partial charge in [-0.2, -0.15) is 0 Å². The van der Waals surface area contributed by atoms with Crippen molar-refractivity contribution >= 4 is 28.4 Å². The van der Waals surface area contributed by atoms with Crippen molar-refractivity contribution < 1.29 is 19.4 Å². The van der Waals surface area contributed by atoms with Gasteiger partial charge in [-0.3, -0.25) is 9.59 Å². The number of aromatic hydroxyl groups is 1. The highest BCUT2D eigenvalue weighted by molar-refractivity contribution is 6.39. The van der Waals surface area contributed by atoms with Gasteiger partial charge in [0.05, 0.1) is 7.11 Å². The Hall–Kier alpha value is -3.48. The van der Waals surface area contributed by atoms with Crippen molar-refractivity contribution in [1.29, 1.82) is 0 Å². The van der Waals surface area contributed by atoms with Crippen LogP contribution in [0.1, 0.15) is 5.56 Å². The van der Waals surface area contributed by atoms with E-state index in [1.807, 2.05) is 24.4 Å². The van der Waals surface area contributed by atoms with E-state index in [1.54, 1.807) is 19.2 Å². The van der Waals surface area contributed by atoms with Crippen molar-refractivity contribution in [3.05, 3.63) is 54.2 Å². The lowest BCUT2D eigenvalue weighted by atomic mass is 10.1. The van der Waals surface area contributed by atoms with Crippen LogP contribution in [0.3, 0.4) is 0 Å². The molecule has 0 fully saturated rings. The number of H-pyrrole nitrogens is 1. The molecule has 26 heavy (non-hydrogen) atoms. The molecular formula is C19H19N3O4. The van der Waals surface area contributed by atoms with E-state index in [1.165, 1.54) is 12.1 Å². The highest BCUT2D eigenvalue weighted by Gasteiger charge is 2.14. The number of carbonyl (C=O) groups excluding carboxylic acids is 2. The molecule has 0 saturated carbocycles. The summed E-state index contributed by atoms with van der Waals surface area (Å²) in [7, 11) is 1.61. The molecule has 0 unspecified atom stereocenters. The van der Waals surface area contributed by atoms with Crippen molar-refractivity contribution in [1.82, 2.24) is 10.3 Å². The molecule has 4 N–H and O–H groups in total. The Labute approximate surface area is 150 Å². The first-order valence-corrected chi connectivity index (χ1v) is 8.09. The summed E-state index contributed by atoms with van der Waals surface area (Å²) in [6, 6.07) is 11.7. The van der Waals surface area contributed by atoms with Gasteiger partial charge in [0.15, 0.2) is 0 Å². The SMILES string of the molecule is COc1ccc2[nH]cc(CCNC(=O)C(=O)Nc3cccc(O)c3)c2c1. The lowest BCUT2D eigenvalue weighted by molar-refractivity contribution is -0.136. The maximum absolute atomic E-state index is 11.9. The summed E-state index contributed by atoms with van der Waals surface area (Å²) in [6.07, 6.45) is 2.45. The number of aromatic amines is 1. The van der Waals surface area contributed by atoms with Gasteiger partial charge in [0.2, 0.25) is 0 Å². The van der Waals surface area contributed by atoms with Gasteiger partial charge in [-0.25, -0.2) is 0 Å². The number of hydrogen-bond acceptors (Lipinski definition) is 4. The number of methoxy groups -OCH3 is 1. The van der Waals surface area contributed by atoms with Crippen LogP contribution in [0, 0.1) is 0 Å². The van der Waals surface area contributed by atoms with E-state index < -0.39 is 11.8 Å². The van der Waals surface area contributed by atoms with Gasteiger partial charge in [0.25, 0.3) is 0 Å². The van der Waals surface area contributed by atoms with E-state index in [-0.39, 0.29) is 5.75 Å². The Balaban J connectivity index is 1.56. The third-order valence-corrected chi connectivity index (χ3v) is 3.96. The number of aromatic nitrogens is 1. The summed E-state index contributed by atoms with van der Waals surface area (Å²) >= 11 is 0. The normalized spacial score (nSPS) is 10.5. The molecule has 3 aromatic rings. The van der Waals surface area contributed by atoms with Crippen molar-refractivity contribution in [2.45, 2.75) is 6.42 Å². The van der Waals surface area contributed by atoms with Crippen LogP contribution < -0.4 is 15.4 Å². The van der Waals surface area contributed by atoms with Gasteiger partial charge in [0, 0.05) is 35.4 Å². The molecular weight excluding hydrogens is 334 g/mol. The second kappa shape index (κ2) is 7.60. The zero-order valence-corrected chi connectivity index (χ0v) is 14.2. The number of phenolic OH excluding ortho intramolecular Hbond substituents is 1. The molecule has 0 spiro atoms. The maximum Gasteiger partial charge on any atom is 0.313 e. The molecule has 3 rings (SSSR count). The lowest BCUT2D eigenvalue weighted by Gasteiger charge is -2.07. The van der Waals surface area contributed by atoms with Crippen LogP contribution in [-0.4, -0.2) is 35.6 Å². The van der Waals surface area contributed by atoms with E-state index in [4.69, 9.17) is 4.74 Å². The predicted molar refractivity (Wildman–Crippen MR) is 98.3 cm³/mol. The average Bonchev–Trinajstić information content (AvgIpc) is 3.03. The predicted octanol–water partition coefficient (Wildman–Crippen LogP) is 2.18. The van der Waals surface area contributed by atoms with Gasteiger partial charge >= 0.3 is 11.8 Å². The van der Waals surface area contributed by atoms with E-state index in [9.17, 15) is 14.7 Å². The smallest absolute Gasteiger partial charge is 0.313 e. The fourth-order valence-electron chi connectivity index (χ4n) is 2.65. The standard InChI is InChI=1S/C19H19N3O4/c1-26-15-5-6-17-16(10-15)12(11-21-17)7-8-20-18(24)19(25)22-13-3-2-4-14(23)9-13/h2-6,9-11,21,23H,7-8H2,1H3,(H,20,24)(H,22,25). The van der Waals surface area contributed by atoms with Gasteiger partial charge in [-0.1, -0.05) is 6.07 Å². The van der Waals surface area contributed by atoms with Crippen LogP contribution in [0.5, 0.6) is 11.5 Å². The Morgan fingerprint density at radius 3 is 2.77 bits per heavy atom. The van der Waals surface area contributed by atoms with E-state index in [0.717, 1.165) is 22.2 Å². The minimum atomic E-state index is -0.781. The summed E-state index contributed by atoms with van der Waals surface area (Å²) in [5.41, 5.74) is 2.36. The van der Waals surface area contributed by atoms with E-state index in [0.29, 0.717) is 18.7 Å². The van der Waals surface area contributed by atoms with Gasteiger partial charge in [-0.05, 0) is 42.3 Å². The number of carbonyl (C=O) groups is 2.